The molecule has 1 unspecified atom stereocenters. The Kier molecular flexibility index (Phi) is 6.40. The zero-order valence-electron chi connectivity index (χ0n) is 18.9. The summed E-state index contributed by atoms with van der Waals surface area (Å²) in [5, 5.41) is 4.54. The summed E-state index contributed by atoms with van der Waals surface area (Å²) in [4.78, 5) is 27.3. The minimum absolute atomic E-state index is 0.0653. The number of aromatic nitrogens is 2. The number of rotatable bonds is 5. The van der Waals surface area contributed by atoms with E-state index in [4.69, 9.17) is 4.74 Å². The Morgan fingerprint density at radius 1 is 1.09 bits per heavy atom. The Morgan fingerprint density at radius 3 is 2.53 bits per heavy atom. The van der Waals surface area contributed by atoms with Crippen LogP contribution in [0, 0.1) is 6.92 Å². The first-order valence-corrected chi connectivity index (χ1v) is 11.2. The molecule has 0 radical (unpaired) electrons. The van der Waals surface area contributed by atoms with Crippen LogP contribution in [0.4, 0.5) is 0 Å². The Hall–Kier alpha value is -3.41. The van der Waals surface area contributed by atoms with E-state index in [-0.39, 0.29) is 24.2 Å². The maximum Gasteiger partial charge on any atom is 0.358 e. The average Bonchev–Trinajstić information content (AvgIpc) is 3.25. The van der Waals surface area contributed by atoms with Crippen molar-refractivity contribution in [3.05, 3.63) is 71.4 Å². The first-order chi connectivity index (χ1) is 15.5. The average molecular weight is 432 g/mol. The van der Waals surface area contributed by atoms with E-state index in [9.17, 15) is 9.59 Å². The van der Waals surface area contributed by atoms with Crippen LogP contribution in [0.15, 0.2) is 54.6 Å². The first-order valence-electron chi connectivity index (χ1n) is 11.2. The lowest BCUT2D eigenvalue weighted by Crippen LogP contribution is -2.42. The number of carbonyl (C=O) groups excluding carboxylic acids is 2. The van der Waals surface area contributed by atoms with Gasteiger partial charge >= 0.3 is 5.97 Å². The van der Waals surface area contributed by atoms with E-state index in [0.29, 0.717) is 5.56 Å². The van der Waals surface area contributed by atoms with E-state index in [1.165, 1.54) is 6.42 Å². The summed E-state index contributed by atoms with van der Waals surface area (Å²) < 4.78 is 6.90. The van der Waals surface area contributed by atoms with Crippen molar-refractivity contribution >= 4 is 11.9 Å². The molecule has 3 aromatic rings. The molecular formula is C26H29N3O3. The molecule has 4 rings (SSSR count). The van der Waals surface area contributed by atoms with Gasteiger partial charge in [-0.05, 0) is 75.9 Å². The molecule has 0 spiro atoms. The Morgan fingerprint density at radius 2 is 1.84 bits per heavy atom. The van der Waals surface area contributed by atoms with Gasteiger partial charge in [0.05, 0.1) is 18.0 Å². The van der Waals surface area contributed by atoms with Gasteiger partial charge in [-0.3, -0.25) is 4.79 Å². The van der Waals surface area contributed by atoms with Crippen LogP contribution in [0.2, 0.25) is 0 Å². The molecule has 0 saturated carbocycles. The minimum atomic E-state index is -0.452. The third-order valence-corrected chi connectivity index (χ3v) is 6.04. The van der Waals surface area contributed by atoms with Crippen molar-refractivity contribution in [2.45, 2.75) is 46.1 Å². The highest BCUT2D eigenvalue weighted by Crippen LogP contribution is 2.28. The number of esters is 1. The zero-order chi connectivity index (χ0) is 22.7. The van der Waals surface area contributed by atoms with Gasteiger partial charge in [-0.15, -0.1) is 0 Å². The number of aryl methyl sites for hydroxylation is 1. The molecular weight excluding hydrogens is 402 g/mol. The second-order valence-corrected chi connectivity index (χ2v) is 8.25. The van der Waals surface area contributed by atoms with Crippen LogP contribution in [0.1, 0.15) is 59.5 Å². The van der Waals surface area contributed by atoms with Crippen LogP contribution in [-0.2, 0) is 4.74 Å². The predicted molar refractivity (Wildman–Crippen MR) is 124 cm³/mol. The summed E-state index contributed by atoms with van der Waals surface area (Å²) in [6.45, 7) is 7.01. The van der Waals surface area contributed by atoms with Gasteiger partial charge in [0, 0.05) is 23.7 Å². The maximum absolute atomic E-state index is 13.0. The van der Waals surface area contributed by atoms with Gasteiger partial charge in [0.2, 0.25) is 0 Å². The fourth-order valence-electron chi connectivity index (χ4n) is 4.25. The van der Waals surface area contributed by atoms with Gasteiger partial charge in [0.1, 0.15) is 0 Å². The molecule has 1 fully saturated rings. The Balaban J connectivity index is 1.70. The molecule has 2 aromatic carbocycles. The third-order valence-electron chi connectivity index (χ3n) is 6.04. The number of hydrogen-bond donors (Lipinski definition) is 0. The third kappa shape index (κ3) is 4.31. The van der Waals surface area contributed by atoms with Crippen LogP contribution in [-0.4, -0.2) is 45.8 Å². The lowest BCUT2D eigenvalue weighted by atomic mass is 10.0. The topological polar surface area (TPSA) is 64.4 Å². The number of ether oxygens (including phenoxy) is 1. The van der Waals surface area contributed by atoms with Gasteiger partial charge in [0.15, 0.2) is 5.69 Å². The SMILES string of the molecule is CCOC(=O)c1cc(-c2ccccc2C)n(-c2ccc(C(=O)N3CCCCC3C)cc2)n1. The van der Waals surface area contributed by atoms with E-state index < -0.39 is 5.97 Å². The molecule has 1 aliphatic heterocycles. The zero-order valence-corrected chi connectivity index (χ0v) is 18.9. The van der Waals surface area contributed by atoms with Gasteiger partial charge < -0.3 is 9.64 Å². The predicted octanol–water partition coefficient (Wildman–Crippen LogP) is 5.04. The van der Waals surface area contributed by atoms with E-state index in [0.717, 1.165) is 41.9 Å². The van der Waals surface area contributed by atoms with Gasteiger partial charge in [-0.2, -0.15) is 5.10 Å². The number of nitrogens with zero attached hydrogens (tertiary/aromatic N) is 3. The van der Waals surface area contributed by atoms with Crippen molar-refractivity contribution in [3.8, 4) is 16.9 Å². The highest BCUT2D eigenvalue weighted by Gasteiger charge is 2.24. The molecule has 2 heterocycles. The molecule has 1 amide bonds. The second-order valence-electron chi connectivity index (χ2n) is 8.25. The highest BCUT2D eigenvalue weighted by molar-refractivity contribution is 5.94. The lowest BCUT2D eigenvalue weighted by Gasteiger charge is -2.33. The fourth-order valence-corrected chi connectivity index (χ4v) is 4.25. The summed E-state index contributed by atoms with van der Waals surface area (Å²) in [5.74, 6) is -0.387. The van der Waals surface area contributed by atoms with Gasteiger partial charge in [-0.1, -0.05) is 24.3 Å². The first kappa shape index (κ1) is 21.8. The van der Waals surface area contributed by atoms with Crippen LogP contribution in [0.25, 0.3) is 16.9 Å². The number of likely N-dealkylation sites (tertiary alicyclic amines) is 1. The van der Waals surface area contributed by atoms with Crippen LogP contribution in [0.3, 0.4) is 0 Å². The quantitative estimate of drug-likeness (QED) is 0.531. The monoisotopic (exact) mass is 431 g/mol. The molecule has 166 valence electrons. The van der Waals surface area contributed by atoms with Crippen LogP contribution >= 0.6 is 0 Å². The number of piperidine rings is 1. The minimum Gasteiger partial charge on any atom is -0.461 e. The van der Waals surface area contributed by atoms with Gasteiger partial charge in [-0.25, -0.2) is 9.48 Å². The molecule has 1 saturated heterocycles. The van der Waals surface area contributed by atoms with E-state index in [1.54, 1.807) is 17.7 Å². The van der Waals surface area contributed by atoms with Crippen molar-refractivity contribution < 1.29 is 14.3 Å². The molecule has 6 nitrogen and oxygen atoms in total. The molecule has 32 heavy (non-hydrogen) atoms. The normalized spacial score (nSPS) is 16.1. The molecule has 0 N–H and O–H groups in total. The number of amides is 1. The van der Waals surface area contributed by atoms with E-state index in [1.807, 2.05) is 60.4 Å². The number of carbonyl (C=O) groups is 2. The summed E-state index contributed by atoms with van der Waals surface area (Å²) >= 11 is 0. The molecule has 6 heteroatoms. The molecule has 1 aliphatic rings. The van der Waals surface area contributed by atoms with E-state index >= 15 is 0 Å². The molecule has 1 atom stereocenters. The van der Waals surface area contributed by atoms with Crippen molar-refractivity contribution in [1.82, 2.24) is 14.7 Å². The number of benzene rings is 2. The number of hydrogen-bond acceptors (Lipinski definition) is 4. The van der Waals surface area contributed by atoms with Crippen molar-refractivity contribution in [2.75, 3.05) is 13.2 Å². The Labute approximate surface area is 188 Å². The molecule has 1 aromatic heterocycles. The highest BCUT2D eigenvalue weighted by atomic mass is 16.5. The maximum atomic E-state index is 13.0. The van der Waals surface area contributed by atoms with Gasteiger partial charge in [0.25, 0.3) is 5.91 Å². The van der Waals surface area contributed by atoms with Crippen molar-refractivity contribution in [2.24, 2.45) is 0 Å². The van der Waals surface area contributed by atoms with Crippen molar-refractivity contribution in [3.63, 3.8) is 0 Å². The fraction of sp³-hybridized carbons (Fsp3) is 0.346. The van der Waals surface area contributed by atoms with Crippen LogP contribution in [0.5, 0.6) is 0 Å². The lowest BCUT2D eigenvalue weighted by molar-refractivity contribution is 0.0518. The second kappa shape index (κ2) is 9.39. The van der Waals surface area contributed by atoms with E-state index in [2.05, 4.69) is 12.0 Å². The molecule has 0 aliphatic carbocycles. The summed E-state index contributed by atoms with van der Waals surface area (Å²) in [6, 6.07) is 17.4. The van der Waals surface area contributed by atoms with Crippen LogP contribution < -0.4 is 0 Å². The molecule has 0 bridgehead atoms. The smallest absolute Gasteiger partial charge is 0.358 e. The van der Waals surface area contributed by atoms with Crippen molar-refractivity contribution in [1.29, 1.82) is 0 Å². The summed E-state index contributed by atoms with van der Waals surface area (Å²) in [5.41, 5.74) is 4.56. The summed E-state index contributed by atoms with van der Waals surface area (Å²) in [6.07, 6.45) is 3.28. The summed E-state index contributed by atoms with van der Waals surface area (Å²) in [7, 11) is 0. The largest absolute Gasteiger partial charge is 0.461 e. The standard InChI is InChI=1S/C26H29N3O3/c1-4-32-26(31)23-17-24(22-11-6-5-9-18(22)2)29(27-23)21-14-12-20(13-15-21)25(30)28-16-8-7-10-19(28)3/h5-6,9,11-15,17,19H,4,7-8,10,16H2,1-3H3. The Bertz CT molecular complexity index is 1120.